The van der Waals surface area contributed by atoms with E-state index >= 15 is 0 Å². The van der Waals surface area contributed by atoms with Crippen molar-refractivity contribution in [2.75, 3.05) is 6.54 Å². The Bertz CT molecular complexity index is 468. The van der Waals surface area contributed by atoms with Gasteiger partial charge in [0.15, 0.2) is 0 Å². The summed E-state index contributed by atoms with van der Waals surface area (Å²) in [5, 5.41) is 1.07. The van der Waals surface area contributed by atoms with Crippen LogP contribution in [0.4, 0.5) is 0 Å². The van der Waals surface area contributed by atoms with E-state index in [2.05, 4.69) is 9.97 Å². The molecule has 2 aromatic rings. The molecule has 16 heavy (non-hydrogen) atoms. The molecular weight excluding hydrogens is 245 g/mol. The number of nitrogens with two attached hydrogens (primary N) is 1. The van der Waals surface area contributed by atoms with Crippen molar-refractivity contribution in [1.82, 2.24) is 9.97 Å². The van der Waals surface area contributed by atoms with Gasteiger partial charge in [-0.15, -0.1) is 0 Å². The van der Waals surface area contributed by atoms with Gasteiger partial charge in [-0.25, -0.2) is 4.98 Å². The third kappa shape index (κ3) is 2.21. The van der Waals surface area contributed by atoms with Gasteiger partial charge in [0, 0.05) is 18.9 Å². The Hall–Kier alpha value is -1.03. The van der Waals surface area contributed by atoms with Gasteiger partial charge >= 0.3 is 0 Å². The number of halogens is 2. The smallest absolute Gasteiger partial charge is 0.114 e. The molecule has 0 aliphatic rings. The second-order valence-electron chi connectivity index (χ2n) is 3.44. The van der Waals surface area contributed by atoms with E-state index < -0.39 is 0 Å². The fourth-order valence-electron chi connectivity index (χ4n) is 1.60. The summed E-state index contributed by atoms with van der Waals surface area (Å²) in [6.45, 7) is 0.464. The minimum atomic E-state index is 0.0183. The van der Waals surface area contributed by atoms with E-state index in [4.69, 9.17) is 28.9 Å². The highest BCUT2D eigenvalue weighted by atomic mass is 35.5. The van der Waals surface area contributed by atoms with Crippen molar-refractivity contribution in [3.8, 4) is 0 Å². The maximum atomic E-state index is 5.97. The molecule has 1 atom stereocenters. The molecule has 84 valence electrons. The highest BCUT2D eigenvalue weighted by Gasteiger charge is 2.15. The number of aromatic amines is 1. The summed E-state index contributed by atoms with van der Waals surface area (Å²) in [6, 6.07) is 5.50. The van der Waals surface area contributed by atoms with E-state index in [1.165, 1.54) is 0 Å². The molecule has 3 nitrogen and oxygen atoms in total. The summed E-state index contributed by atoms with van der Waals surface area (Å²) in [4.78, 5) is 7.26. The molecule has 3 N–H and O–H groups in total. The van der Waals surface area contributed by atoms with Crippen molar-refractivity contribution in [2.24, 2.45) is 5.73 Å². The molecule has 1 heterocycles. The zero-order valence-electron chi connectivity index (χ0n) is 8.45. The summed E-state index contributed by atoms with van der Waals surface area (Å²) < 4.78 is 0. The predicted octanol–water partition coefficient (Wildman–Crippen LogP) is 2.81. The second kappa shape index (κ2) is 4.87. The predicted molar refractivity (Wildman–Crippen MR) is 65.9 cm³/mol. The number of rotatable bonds is 3. The van der Waals surface area contributed by atoms with Crippen LogP contribution in [-0.4, -0.2) is 16.5 Å². The highest BCUT2D eigenvalue weighted by molar-refractivity contribution is 6.42. The standard InChI is InChI=1S/C11H11Cl2N3/c12-9-2-1-7(5-10(9)13)8(6-14)11-15-3-4-16-11/h1-5,8H,6,14H2,(H,15,16). The van der Waals surface area contributed by atoms with Crippen molar-refractivity contribution < 1.29 is 0 Å². The molecule has 0 aliphatic heterocycles. The Kier molecular flexibility index (Phi) is 3.49. The number of aromatic nitrogens is 2. The molecule has 0 fully saturated rings. The maximum Gasteiger partial charge on any atom is 0.114 e. The van der Waals surface area contributed by atoms with Gasteiger partial charge in [-0.05, 0) is 17.7 Å². The number of hydrogen-bond acceptors (Lipinski definition) is 2. The first-order valence-electron chi connectivity index (χ1n) is 4.86. The Labute approximate surface area is 104 Å². The zero-order chi connectivity index (χ0) is 11.5. The van der Waals surface area contributed by atoms with Crippen LogP contribution in [0.2, 0.25) is 10.0 Å². The summed E-state index contributed by atoms with van der Waals surface area (Å²) >= 11 is 11.8. The van der Waals surface area contributed by atoms with E-state index in [0.717, 1.165) is 11.4 Å². The van der Waals surface area contributed by atoms with Gasteiger partial charge in [-0.3, -0.25) is 0 Å². The quantitative estimate of drug-likeness (QED) is 0.887. The van der Waals surface area contributed by atoms with Crippen LogP contribution in [-0.2, 0) is 0 Å². The van der Waals surface area contributed by atoms with Gasteiger partial charge in [0.05, 0.1) is 16.0 Å². The van der Waals surface area contributed by atoms with Crippen LogP contribution in [0, 0.1) is 0 Å². The average Bonchev–Trinajstić information content (AvgIpc) is 2.78. The Morgan fingerprint density at radius 2 is 2.12 bits per heavy atom. The highest BCUT2D eigenvalue weighted by Crippen LogP contribution is 2.28. The number of imidazole rings is 1. The van der Waals surface area contributed by atoms with Crippen LogP contribution in [0.15, 0.2) is 30.6 Å². The minimum absolute atomic E-state index is 0.0183. The Morgan fingerprint density at radius 3 is 2.69 bits per heavy atom. The fourth-order valence-corrected chi connectivity index (χ4v) is 1.91. The molecule has 2 rings (SSSR count). The topological polar surface area (TPSA) is 54.7 Å². The lowest BCUT2D eigenvalue weighted by Gasteiger charge is -2.13. The van der Waals surface area contributed by atoms with Gasteiger partial charge < -0.3 is 10.7 Å². The lowest BCUT2D eigenvalue weighted by atomic mass is 9.99. The minimum Gasteiger partial charge on any atom is -0.348 e. The summed E-state index contributed by atoms with van der Waals surface area (Å²) in [7, 11) is 0. The van der Waals surface area contributed by atoms with E-state index in [0.29, 0.717) is 16.6 Å². The largest absolute Gasteiger partial charge is 0.348 e. The molecule has 5 heteroatoms. The van der Waals surface area contributed by atoms with E-state index in [-0.39, 0.29) is 5.92 Å². The summed E-state index contributed by atoms with van der Waals surface area (Å²) in [6.07, 6.45) is 3.48. The van der Waals surface area contributed by atoms with Crippen molar-refractivity contribution >= 4 is 23.2 Å². The lowest BCUT2D eigenvalue weighted by Crippen LogP contribution is -2.15. The molecular formula is C11H11Cl2N3. The molecule has 1 aromatic carbocycles. The third-order valence-corrected chi connectivity index (χ3v) is 3.17. The summed E-state index contributed by atoms with van der Waals surface area (Å²) in [5.74, 6) is 0.852. The number of H-pyrrole nitrogens is 1. The molecule has 0 aliphatic carbocycles. The molecule has 1 unspecified atom stereocenters. The SMILES string of the molecule is NCC(c1ccc(Cl)c(Cl)c1)c1ncc[nH]1. The van der Waals surface area contributed by atoms with E-state index in [1.807, 2.05) is 12.1 Å². The average molecular weight is 256 g/mol. The number of nitrogens with zero attached hydrogens (tertiary/aromatic N) is 1. The lowest BCUT2D eigenvalue weighted by molar-refractivity contribution is 0.765. The molecule has 0 amide bonds. The van der Waals surface area contributed by atoms with Gasteiger partial charge in [-0.1, -0.05) is 29.3 Å². The molecule has 1 aromatic heterocycles. The first-order chi connectivity index (χ1) is 7.72. The van der Waals surface area contributed by atoms with Crippen molar-refractivity contribution in [1.29, 1.82) is 0 Å². The molecule has 0 radical (unpaired) electrons. The van der Waals surface area contributed by atoms with Gasteiger partial charge in [0.25, 0.3) is 0 Å². The van der Waals surface area contributed by atoms with Crippen LogP contribution in [0.3, 0.4) is 0 Å². The first kappa shape index (κ1) is 11.5. The fraction of sp³-hybridized carbons (Fsp3) is 0.182. The summed E-state index contributed by atoms with van der Waals surface area (Å²) in [5.41, 5.74) is 6.75. The van der Waals surface area contributed by atoms with E-state index in [1.54, 1.807) is 18.5 Å². The first-order valence-corrected chi connectivity index (χ1v) is 5.62. The molecule has 0 spiro atoms. The monoisotopic (exact) mass is 255 g/mol. The Morgan fingerprint density at radius 1 is 1.31 bits per heavy atom. The van der Waals surface area contributed by atoms with Crippen molar-refractivity contribution in [3.63, 3.8) is 0 Å². The van der Waals surface area contributed by atoms with Gasteiger partial charge in [-0.2, -0.15) is 0 Å². The van der Waals surface area contributed by atoms with Gasteiger partial charge in [0.1, 0.15) is 5.82 Å². The second-order valence-corrected chi connectivity index (χ2v) is 4.25. The molecule has 0 bridgehead atoms. The van der Waals surface area contributed by atoms with Crippen LogP contribution in [0.25, 0.3) is 0 Å². The number of hydrogen-bond donors (Lipinski definition) is 2. The zero-order valence-corrected chi connectivity index (χ0v) is 9.96. The number of nitrogens with one attached hydrogen (secondary N) is 1. The van der Waals surface area contributed by atoms with E-state index in [9.17, 15) is 0 Å². The third-order valence-electron chi connectivity index (χ3n) is 2.43. The number of benzene rings is 1. The van der Waals surface area contributed by atoms with Crippen molar-refractivity contribution in [2.45, 2.75) is 5.92 Å². The Balaban J connectivity index is 2.37. The molecule has 0 saturated heterocycles. The molecule has 0 saturated carbocycles. The van der Waals surface area contributed by atoms with Gasteiger partial charge in [0.2, 0.25) is 0 Å². The van der Waals surface area contributed by atoms with Crippen LogP contribution in [0.1, 0.15) is 17.3 Å². The maximum absolute atomic E-state index is 5.97. The van der Waals surface area contributed by atoms with Crippen LogP contribution < -0.4 is 5.73 Å². The van der Waals surface area contributed by atoms with Crippen LogP contribution in [0.5, 0.6) is 0 Å². The van der Waals surface area contributed by atoms with Crippen LogP contribution >= 0.6 is 23.2 Å². The van der Waals surface area contributed by atoms with Crippen molar-refractivity contribution in [3.05, 3.63) is 52.0 Å². The normalized spacial score (nSPS) is 12.7.